The molecular weight excluding hydrogens is 409 g/mol. The van der Waals surface area contributed by atoms with Crippen LogP contribution in [0.25, 0.3) is 17.4 Å². The minimum Gasteiger partial charge on any atom is -0.481 e. The third-order valence-corrected chi connectivity index (χ3v) is 5.16. The standard InChI is InChI=1S/C18H12FNO6S2/c19-11-4-2-1-3-10(11)13-6-5-9(26-13)7-14-16(23)20(18(27)28-14)12(17(24)25)8-15(21)22/h1-7,12H,8H2,(H,21,22)(H,24,25)/b14-7+. The van der Waals surface area contributed by atoms with Gasteiger partial charge in [-0.25, -0.2) is 9.18 Å². The van der Waals surface area contributed by atoms with Gasteiger partial charge in [0, 0.05) is 6.08 Å². The van der Waals surface area contributed by atoms with Crippen LogP contribution < -0.4 is 0 Å². The van der Waals surface area contributed by atoms with Crippen LogP contribution in [0.1, 0.15) is 12.2 Å². The fraction of sp³-hybridized carbons (Fsp3) is 0.111. The summed E-state index contributed by atoms with van der Waals surface area (Å²) >= 11 is 5.89. The van der Waals surface area contributed by atoms with Crippen molar-refractivity contribution in [2.45, 2.75) is 12.5 Å². The van der Waals surface area contributed by atoms with Gasteiger partial charge in [-0.3, -0.25) is 14.5 Å². The Morgan fingerprint density at radius 2 is 1.96 bits per heavy atom. The summed E-state index contributed by atoms with van der Waals surface area (Å²) in [5.74, 6) is -3.54. The highest BCUT2D eigenvalue weighted by atomic mass is 32.2. The largest absolute Gasteiger partial charge is 0.481 e. The Morgan fingerprint density at radius 1 is 1.25 bits per heavy atom. The molecule has 0 bridgehead atoms. The van der Waals surface area contributed by atoms with Crippen molar-refractivity contribution in [1.29, 1.82) is 0 Å². The number of thioether (sulfide) groups is 1. The van der Waals surface area contributed by atoms with E-state index in [0.29, 0.717) is 0 Å². The molecule has 3 rings (SSSR count). The first-order valence-electron chi connectivity index (χ1n) is 7.84. The second kappa shape index (κ2) is 7.95. The number of furan rings is 1. The maximum absolute atomic E-state index is 13.9. The molecule has 2 aromatic rings. The van der Waals surface area contributed by atoms with Crippen molar-refractivity contribution in [2.24, 2.45) is 0 Å². The molecule has 1 aromatic heterocycles. The summed E-state index contributed by atoms with van der Waals surface area (Å²) in [6, 6.07) is 7.49. The molecule has 1 fully saturated rings. The topological polar surface area (TPSA) is 108 Å². The number of rotatable bonds is 6. The highest BCUT2D eigenvalue weighted by Crippen LogP contribution is 2.35. The van der Waals surface area contributed by atoms with Gasteiger partial charge in [-0.15, -0.1) is 0 Å². The molecule has 0 spiro atoms. The summed E-state index contributed by atoms with van der Waals surface area (Å²) in [5.41, 5.74) is 0.252. The van der Waals surface area contributed by atoms with Crippen molar-refractivity contribution in [3.05, 3.63) is 52.9 Å². The average molecular weight is 421 g/mol. The van der Waals surface area contributed by atoms with Crippen LogP contribution in [0.3, 0.4) is 0 Å². The highest BCUT2D eigenvalue weighted by Gasteiger charge is 2.41. The smallest absolute Gasteiger partial charge is 0.327 e. The molecule has 7 nitrogen and oxygen atoms in total. The number of hydrogen-bond acceptors (Lipinski definition) is 6. The van der Waals surface area contributed by atoms with Gasteiger partial charge in [0.2, 0.25) is 0 Å². The molecule has 1 unspecified atom stereocenters. The van der Waals surface area contributed by atoms with Gasteiger partial charge in [0.05, 0.1) is 16.9 Å². The number of benzene rings is 1. The van der Waals surface area contributed by atoms with Gasteiger partial charge in [-0.1, -0.05) is 36.1 Å². The van der Waals surface area contributed by atoms with Gasteiger partial charge in [-0.05, 0) is 24.3 Å². The van der Waals surface area contributed by atoms with E-state index in [1.165, 1.54) is 24.3 Å². The van der Waals surface area contributed by atoms with E-state index >= 15 is 0 Å². The van der Waals surface area contributed by atoms with Gasteiger partial charge in [-0.2, -0.15) is 0 Å². The van der Waals surface area contributed by atoms with Crippen molar-refractivity contribution >= 4 is 52.2 Å². The third-order valence-electron chi connectivity index (χ3n) is 3.83. The molecular formula is C18H12FNO6S2. The number of carboxylic acids is 2. The molecule has 0 radical (unpaired) electrons. The highest BCUT2D eigenvalue weighted by molar-refractivity contribution is 8.26. The SMILES string of the molecule is O=C(O)CC(C(=O)O)N1C(=O)/C(=C\c2ccc(-c3ccccc3F)o2)SC1=S. The van der Waals surface area contributed by atoms with Crippen LogP contribution in [0.15, 0.2) is 45.7 Å². The van der Waals surface area contributed by atoms with Crippen LogP contribution in [0.4, 0.5) is 4.39 Å². The van der Waals surface area contributed by atoms with E-state index in [1.54, 1.807) is 18.2 Å². The molecule has 1 amide bonds. The summed E-state index contributed by atoms with van der Waals surface area (Å²) in [6.07, 6.45) is 0.566. The van der Waals surface area contributed by atoms with E-state index in [-0.39, 0.29) is 26.3 Å². The lowest BCUT2D eigenvalue weighted by molar-refractivity contribution is -0.150. The van der Waals surface area contributed by atoms with Crippen molar-refractivity contribution in [3.8, 4) is 11.3 Å². The Morgan fingerprint density at radius 3 is 2.61 bits per heavy atom. The van der Waals surface area contributed by atoms with E-state index in [1.807, 2.05) is 0 Å². The van der Waals surface area contributed by atoms with Gasteiger partial charge < -0.3 is 14.6 Å². The number of carboxylic acid groups (broad SMARTS) is 2. The lowest BCUT2D eigenvalue weighted by Gasteiger charge is -2.21. The minimum atomic E-state index is -1.61. The molecule has 2 N–H and O–H groups in total. The Labute approximate surface area is 167 Å². The van der Waals surface area contributed by atoms with Crippen LogP contribution in [0.5, 0.6) is 0 Å². The van der Waals surface area contributed by atoms with Crippen LogP contribution in [-0.4, -0.2) is 43.3 Å². The lowest BCUT2D eigenvalue weighted by Crippen LogP contribution is -2.45. The molecule has 2 heterocycles. The molecule has 1 aliphatic rings. The zero-order valence-electron chi connectivity index (χ0n) is 14.0. The van der Waals surface area contributed by atoms with Crippen LogP contribution in [0.2, 0.25) is 0 Å². The Bertz CT molecular complexity index is 1020. The average Bonchev–Trinajstić information content (AvgIpc) is 3.18. The van der Waals surface area contributed by atoms with E-state index in [2.05, 4.69) is 0 Å². The van der Waals surface area contributed by atoms with Gasteiger partial charge >= 0.3 is 11.9 Å². The van der Waals surface area contributed by atoms with E-state index < -0.39 is 36.1 Å². The zero-order valence-corrected chi connectivity index (χ0v) is 15.6. The fourth-order valence-electron chi connectivity index (χ4n) is 2.57. The van der Waals surface area contributed by atoms with E-state index in [9.17, 15) is 23.9 Å². The predicted molar refractivity (Wildman–Crippen MR) is 103 cm³/mol. The number of aliphatic carboxylic acids is 2. The summed E-state index contributed by atoms with van der Waals surface area (Å²) in [6.45, 7) is 0. The third kappa shape index (κ3) is 3.97. The number of amides is 1. The summed E-state index contributed by atoms with van der Waals surface area (Å²) in [7, 11) is 0. The number of carbonyl (C=O) groups is 3. The van der Waals surface area contributed by atoms with Gasteiger partial charge in [0.1, 0.15) is 27.7 Å². The van der Waals surface area contributed by atoms with Crippen LogP contribution in [0, 0.1) is 5.82 Å². The second-order valence-electron chi connectivity index (χ2n) is 5.69. The molecule has 10 heteroatoms. The molecule has 28 heavy (non-hydrogen) atoms. The first-order valence-corrected chi connectivity index (χ1v) is 9.07. The number of hydrogen-bond donors (Lipinski definition) is 2. The van der Waals surface area contributed by atoms with Crippen molar-refractivity contribution < 1.29 is 33.4 Å². The maximum atomic E-state index is 13.9. The van der Waals surface area contributed by atoms with E-state index in [4.69, 9.17) is 21.7 Å². The second-order valence-corrected chi connectivity index (χ2v) is 7.36. The number of carbonyl (C=O) groups excluding carboxylic acids is 1. The molecule has 0 aliphatic carbocycles. The number of nitrogens with zero attached hydrogens (tertiary/aromatic N) is 1. The number of halogens is 1. The molecule has 1 aromatic carbocycles. The van der Waals surface area contributed by atoms with Gasteiger partial charge in [0.15, 0.2) is 0 Å². The van der Waals surface area contributed by atoms with Crippen molar-refractivity contribution in [3.63, 3.8) is 0 Å². The van der Waals surface area contributed by atoms with Gasteiger partial charge in [0.25, 0.3) is 5.91 Å². The molecule has 1 aliphatic heterocycles. The first-order chi connectivity index (χ1) is 13.3. The Hall–Kier alpha value is -2.98. The molecule has 144 valence electrons. The van der Waals surface area contributed by atoms with Crippen molar-refractivity contribution in [2.75, 3.05) is 0 Å². The molecule has 1 saturated heterocycles. The van der Waals surface area contributed by atoms with Crippen LogP contribution >= 0.6 is 24.0 Å². The lowest BCUT2D eigenvalue weighted by atomic mass is 10.1. The number of thiocarbonyl (C=S) groups is 1. The molecule has 1 atom stereocenters. The zero-order chi connectivity index (χ0) is 20.4. The maximum Gasteiger partial charge on any atom is 0.327 e. The first kappa shape index (κ1) is 19.8. The summed E-state index contributed by atoms with van der Waals surface area (Å²) < 4.78 is 19.3. The Balaban J connectivity index is 1.87. The fourth-order valence-corrected chi connectivity index (χ4v) is 3.91. The predicted octanol–water partition coefficient (Wildman–Crippen LogP) is 3.21. The normalized spacial score (nSPS) is 16.6. The van der Waals surface area contributed by atoms with Crippen molar-refractivity contribution in [1.82, 2.24) is 4.90 Å². The quantitative estimate of drug-likeness (QED) is 0.541. The summed E-state index contributed by atoms with van der Waals surface area (Å²) in [5, 5.41) is 18.1. The summed E-state index contributed by atoms with van der Waals surface area (Å²) in [4.78, 5) is 35.7. The van der Waals surface area contributed by atoms with Crippen LogP contribution in [-0.2, 0) is 14.4 Å². The molecule has 0 saturated carbocycles. The monoisotopic (exact) mass is 421 g/mol. The minimum absolute atomic E-state index is 0.0641. The Kier molecular flexibility index (Phi) is 5.61. The van der Waals surface area contributed by atoms with E-state index in [0.717, 1.165) is 16.7 Å².